The van der Waals surface area contributed by atoms with E-state index in [0.29, 0.717) is 12.6 Å². The molecular weight excluding hydrogens is 290 g/mol. The topological polar surface area (TPSA) is 55.8 Å². The summed E-state index contributed by atoms with van der Waals surface area (Å²) in [6.45, 7) is 9.20. The summed E-state index contributed by atoms with van der Waals surface area (Å²) >= 11 is 0. The van der Waals surface area contributed by atoms with E-state index in [0.717, 1.165) is 32.4 Å². The van der Waals surface area contributed by atoms with Gasteiger partial charge in [0.05, 0.1) is 0 Å². The molecule has 1 atom stereocenters. The van der Waals surface area contributed by atoms with E-state index in [1.54, 1.807) is 0 Å². The van der Waals surface area contributed by atoms with Crippen molar-refractivity contribution in [2.24, 2.45) is 5.41 Å². The van der Waals surface area contributed by atoms with Gasteiger partial charge in [-0.15, -0.1) is 0 Å². The number of nitrogens with zero attached hydrogens (tertiary/aromatic N) is 2. The molecule has 2 rings (SSSR count). The highest BCUT2D eigenvalue weighted by molar-refractivity contribution is 5.74. The average Bonchev–Trinajstić information content (AvgIpc) is 2.96. The fourth-order valence-corrected chi connectivity index (χ4v) is 3.66. The lowest BCUT2D eigenvalue weighted by atomic mass is 9.89. The van der Waals surface area contributed by atoms with Crippen LogP contribution in [0.5, 0.6) is 0 Å². The predicted molar refractivity (Wildman–Crippen MR) is 93.5 cm³/mol. The maximum Gasteiger partial charge on any atom is 0.317 e. The molecule has 2 saturated heterocycles. The van der Waals surface area contributed by atoms with Crippen LogP contribution >= 0.6 is 0 Å². The zero-order valence-corrected chi connectivity index (χ0v) is 15.0. The first-order valence-electron chi connectivity index (χ1n) is 9.39. The molecule has 0 spiro atoms. The van der Waals surface area contributed by atoms with Crippen molar-refractivity contribution in [1.29, 1.82) is 0 Å². The molecule has 2 N–H and O–H groups in total. The Morgan fingerprint density at radius 2 is 1.87 bits per heavy atom. The van der Waals surface area contributed by atoms with Crippen LogP contribution in [0.15, 0.2) is 0 Å². The van der Waals surface area contributed by atoms with Gasteiger partial charge in [-0.05, 0) is 57.0 Å². The number of carbonyl (C=O) groups is 1. The highest BCUT2D eigenvalue weighted by Crippen LogP contribution is 2.21. The molecule has 2 aliphatic heterocycles. The number of hydrogen-bond acceptors (Lipinski definition) is 3. The number of rotatable bonds is 6. The number of nitrogens with one attached hydrogen (secondary N) is 1. The van der Waals surface area contributed by atoms with Gasteiger partial charge in [-0.3, -0.25) is 4.90 Å². The normalized spacial score (nSPS) is 23.8. The first kappa shape index (κ1) is 18.5. The molecule has 0 bridgehead atoms. The van der Waals surface area contributed by atoms with E-state index in [-0.39, 0.29) is 18.1 Å². The minimum Gasteiger partial charge on any atom is -0.396 e. The van der Waals surface area contributed by atoms with E-state index in [9.17, 15) is 9.90 Å². The molecule has 5 heteroatoms. The van der Waals surface area contributed by atoms with Gasteiger partial charge in [0, 0.05) is 32.3 Å². The smallest absolute Gasteiger partial charge is 0.317 e. The highest BCUT2D eigenvalue weighted by atomic mass is 16.3. The maximum atomic E-state index is 12.5. The molecule has 0 aromatic heterocycles. The molecule has 5 nitrogen and oxygen atoms in total. The second kappa shape index (κ2) is 8.88. The summed E-state index contributed by atoms with van der Waals surface area (Å²) in [7, 11) is 0. The Labute approximate surface area is 141 Å². The third kappa shape index (κ3) is 5.96. The summed E-state index contributed by atoms with van der Waals surface area (Å²) < 4.78 is 0. The first-order chi connectivity index (χ1) is 11.0. The summed E-state index contributed by atoms with van der Waals surface area (Å²) in [5, 5.41) is 12.3. The van der Waals surface area contributed by atoms with Crippen LogP contribution in [0.4, 0.5) is 4.79 Å². The maximum absolute atomic E-state index is 12.5. The van der Waals surface area contributed by atoms with Gasteiger partial charge in [0.15, 0.2) is 0 Å². The third-order valence-corrected chi connectivity index (χ3v) is 5.33. The number of carbonyl (C=O) groups excluding carboxylic acids is 1. The van der Waals surface area contributed by atoms with Crippen molar-refractivity contribution in [2.75, 3.05) is 39.3 Å². The number of aliphatic hydroxyl groups excluding tert-OH is 1. The van der Waals surface area contributed by atoms with Crippen LogP contribution in [-0.4, -0.2) is 66.3 Å². The van der Waals surface area contributed by atoms with Gasteiger partial charge in [0.1, 0.15) is 0 Å². The number of hydrogen-bond donors (Lipinski definition) is 2. The fraction of sp³-hybridized carbons (Fsp3) is 0.944. The minimum absolute atomic E-state index is 0.0474. The van der Waals surface area contributed by atoms with Crippen LogP contribution in [0.1, 0.15) is 58.8 Å². The minimum atomic E-state index is -0.0474. The molecule has 1 unspecified atom stereocenters. The van der Waals surface area contributed by atoms with E-state index < -0.39 is 0 Å². The van der Waals surface area contributed by atoms with Crippen LogP contribution in [-0.2, 0) is 0 Å². The molecule has 0 saturated carbocycles. The summed E-state index contributed by atoms with van der Waals surface area (Å²) in [5.41, 5.74) is -0.0474. The van der Waals surface area contributed by atoms with Crippen LogP contribution in [0.2, 0.25) is 0 Å². The Hall–Kier alpha value is -0.810. The van der Waals surface area contributed by atoms with Gasteiger partial charge in [0.2, 0.25) is 0 Å². The van der Waals surface area contributed by atoms with Gasteiger partial charge in [-0.25, -0.2) is 4.79 Å². The zero-order valence-electron chi connectivity index (χ0n) is 15.0. The van der Waals surface area contributed by atoms with Gasteiger partial charge < -0.3 is 15.3 Å². The van der Waals surface area contributed by atoms with Gasteiger partial charge in [-0.1, -0.05) is 20.3 Å². The average molecular weight is 325 g/mol. The lowest BCUT2D eigenvalue weighted by Crippen LogP contribution is -2.47. The lowest BCUT2D eigenvalue weighted by Gasteiger charge is -2.31. The monoisotopic (exact) mass is 325 g/mol. The Bertz CT molecular complexity index is 367. The summed E-state index contributed by atoms with van der Waals surface area (Å²) in [6, 6.07) is 0.650. The molecule has 2 amide bonds. The van der Waals surface area contributed by atoms with Gasteiger partial charge in [0.25, 0.3) is 0 Å². The number of likely N-dealkylation sites (tertiary alicyclic amines) is 2. The molecule has 0 aromatic rings. The quantitative estimate of drug-likeness (QED) is 0.738. The molecule has 134 valence electrons. The largest absolute Gasteiger partial charge is 0.396 e. The standard InChI is InChI=1S/C18H35N3O2/c1-18(2,15-22)9-7-10-19-17(23)21-13-4-3-8-16(14-21)20-11-5-6-12-20/h16,22H,3-15H2,1-2H3,(H,19,23). The SMILES string of the molecule is CC(C)(CO)CCCNC(=O)N1CCCCC(N2CCCC2)C1. The van der Waals surface area contributed by atoms with Crippen LogP contribution < -0.4 is 5.32 Å². The lowest BCUT2D eigenvalue weighted by molar-refractivity contribution is 0.146. The fourth-order valence-electron chi connectivity index (χ4n) is 3.66. The van der Waals surface area contributed by atoms with Crippen molar-refractivity contribution >= 4 is 6.03 Å². The summed E-state index contributed by atoms with van der Waals surface area (Å²) in [5.74, 6) is 0. The molecule has 23 heavy (non-hydrogen) atoms. The third-order valence-electron chi connectivity index (χ3n) is 5.33. The predicted octanol–water partition coefficient (Wildman–Crippen LogP) is 2.45. The van der Waals surface area contributed by atoms with Crippen molar-refractivity contribution in [1.82, 2.24) is 15.1 Å². The van der Waals surface area contributed by atoms with E-state index >= 15 is 0 Å². The first-order valence-corrected chi connectivity index (χ1v) is 9.39. The van der Waals surface area contributed by atoms with Crippen molar-refractivity contribution in [3.63, 3.8) is 0 Å². The molecule has 0 radical (unpaired) electrons. The van der Waals surface area contributed by atoms with Crippen molar-refractivity contribution < 1.29 is 9.90 Å². The second-order valence-electron chi connectivity index (χ2n) is 8.00. The molecule has 2 heterocycles. The van der Waals surface area contributed by atoms with E-state index in [1.807, 2.05) is 4.90 Å². The number of aliphatic hydroxyl groups is 1. The van der Waals surface area contributed by atoms with Crippen molar-refractivity contribution in [3.8, 4) is 0 Å². The van der Waals surface area contributed by atoms with E-state index in [1.165, 1.54) is 38.8 Å². The van der Waals surface area contributed by atoms with Crippen molar-refractivity contribution in [2.45, 2.75) is 64.8 Å². The Morgan fingerprint density at radius 3 is 2.57 bits per heavy atom. The summed E-state index contributed by atoms with van der Waals surface area (Å²) in [4.78, 5) is 17.1. The van der Waals surface area contributed by atoms with E-state index in [4.69, 9.17) is 0 Å². The Kier molecular flexibility index (Phi) is 7.15. The molecule has 0 aliphatic carbocycles. The Morgan fingerprint density at radius 1 is 1.17 bits per heavy atom. The van der Waals surface area contributed by atoms with Gasteiger partial charge >= 0.3 is 6.03 Å². The zero-order chi connectivity index (χ0) is 16.7. The molecule has 2 aliphatic rings. The highest BCUT2D eigenvalue weighted by Gasteiger charge is 2.27. The Balaban J connectivity index is 1.74. The number of amides is 2. The number of urea groups is 1. The van der Waals surface area contributed by atoms with Crippen LogP contribution in [0, 0.1) is 5.41 Å². The second-order valence-corrected chi connectivity index (χ2v) is 8.00. The van der Waals surface area contributed by atoms with Crippen molar-refractivity contribution in [3.05, 3.63) is 0 Å². The molecular formula is C18H35N3O2. The van der Waals surface area contributed by atoms with Crippen LogP contribution in [0.25, 0.3) is 0 Å². The van der Waals surface area contributed by atoms with E-state index in [2.05, 4.69) is 24.1 Å². The molecule has 2 fully saturated rings. The molecule has 0 aromatic carbocycles. The van der Waals surface area contributed by atoms with Gasteiger partial charge in [-0.2, -0.15) is 0 Å². The van der Waals surface area contributed by atoms with Crippen LogP contribution in [0.3, 0.4) is 0 Å². The summed E-state index contributed by atoms with van der Waals surface area (Å²) in [6.07, 6.45) is 8.05.